The molecule has 2 aromatic carbocycles. The van der Waals surface area contributed by atoms with Gasteiger partial charge in [-0.25, -0.2) is 0 Å². The zero-order valence-corrected chi connectivity index (χ0v) is 11.4. The number of fused-ring (bicyclic) bond motifs is 1. The zero-order valence-electron chi connectivity index (χ0n) is 11.4. The van der Waals surface area contributed by atoms with E-state index in [1.165, 1.54) is 5.56 Å². The summed E-state index contributed by atoms with van der Waals surface area (Å²) in [5, 5.41) is 4.45. The number of nitrogens with zero attached hydrogens (tertiary/aromatic N) is 1. The lowest BCUT2D eigenvalue weighted by molar-refractivity contribution is 0.100. The second-order valence-corrected chi connectivity index (χ2v) is 4.83. The highest BCUT2D eigenvalue weighted by molar-refractivity contribution is 5.93. The summed E-state index contributed by atoms with van der Waals surface area (Å²) in [6.07, 6.45) is 1.79. The largest absolute Gasteiger partial charge is 0.381 e. The fourth-order valence-corrected chi connectivity index (χ4v) is 2.19. The minimum Gasteiger partial charge on any atom is -0.381 e. The molecule has 104 valence electrons. The molecule has 0 aliphatic heterocycles. The van der Waals surface area contributed by atoms with Gasteiger partial charge in [-0.2, -0.15) is 0 Å². The van der Waals surface area contributed by atoms with Crippen molar-refractivity contribution in [2.24, 2.45) is 5.73 Å². The molecule has 1 aromatic heterocycles. The van der Waals surface area contributed by atoms with Gasteiger partial charge in [0.15, 0.2) is 0 Å². The Kier molecular flexibility index (Phi) is 3.51. The molecule has 0 saturated carbocycles. The highest BCUT2D eigenvalue weighted by Gasteiger charge is 2.00. The SMILES string of the molecule is NC(=O)c1ccc(NCc2ccc3ncccc3c2)cc1. The number of benzene rings is 2. The number of hydrogen-bond acceptors (Lipinski definition) is 3. The Hall–Kier alpha value is -2.88. The number of aromatic nitrogens is 1. The molecule has 0 spiro atoms. The van der Waals surface area contributed by atoms with Gasteiger partial charge in [-0.05, 0) is 48.0 Å². The average Bonchev–Trinajstić information content (AvgIpc) is 2.53. The van der Waals surface area contributed by atoms with Gasteiger partial charge in [0.1, 0.15) is 0 Å². The maximum atomic E-state index is 11.0. The van der Waals surface area contributed by atoms with Crippen molar-refractivity contribution in [1.82, 2.24) is 4.98 Å². The van der Waals surface area contributed by atoms with Crippen molar-refractivity contribution in [2.45, 2.75) is 6.54 Å². The van der Waals surface area contributed by atoms with Gasteiger partial charge in [0.2, 0.25) is 5.91 Å². The molecule has 0 unspecified atom stereocenters. The van der Waals surface area contributed by atoms with E-state index in [0.29, 0.717) is 12.1 Å². The van der Waals surface area contributed by atoms with Crippen molar-refractivity contribution in [2.75, 3.05) is 5.32 Å². The van der Waals surface area contributed by atoms with Crippen LogP contribution in [0.5, 0.6) is 0 Å². The molecule has 3 N–H and O–H groups in total. The number of nitrogens with two attached hydrogens (primary N) is 1. The highest BCUT2D eigenvalue weighted by atomic mass is 16.1. The normalized spacial score (nSPS) is 10.5. The number of rotatable bonds is 4. The van der Waals surface area contributed by atoms with E-state index in [0.717, 1.165) is 16.6 Å². The molecule has 21 heavy (non-hydrogen) atoms. The molecule has 0 radical (unpaired) electrons. The highest BCUT2D eigenvalue weighted by Crippen LogP contribution is 2.15. The molecule has 0 aliphatic rings. The standard InChI is InChI=1S/C17H15N3O/c18-17(21)13-4-6-15(7-5-13)20-11-12-3-8-16-14(10-12)2-1-9-19-16/h1-10,20H,11H2,(H2,18,21). The number of carbonyl (C=O) groups excluding carboxylic acids is 1. The third kappa shape index (κ3) is 3.00. The predicted molar refractivity (Wildman–Crippen MR) is 84.0 cm³/mol. The first-order valence-electron chi connectivity index (χ1n) is 6.70. The van der Waals surface area contributed by atoms with Crippen LogP contribution in [-0.4, -0.2) is 10.9 Å². The summed E-state index contributed by atoms with van der Waals surface area (Å²) in [5.74, 6) is -0.413. The van der Waals surface area contributed by atoms with Gasteiger partial charge < -0.3 is 11.1 Å². The summed E-state index contributed by atoms with van der Waals surface area (Å²) < 4.78 is 0. The van der Waals surface area contributed by atoms with Gasteiger partial charge in [0.25, 0.3) is 0 Å². The van der Waals surface area contributed by atoms with Crippen LogP contribution in [0.1, 0.15) is 15.9 Å². The third-order valence-electron chi connectivity index (χ3n) is 3.33. The van der Waals surface area contributed by atoms with Crippen LogP contribution in [0, 0.1) is 0 Å². The summed E-state index contributed by atoms with van der Waals surface area (Å²) in [7, 11) is 0. The second-order valence-electron chi connectivity index (χ2n) is 4.83. The van der Waals surface area contributed by atoms with E-state index in [4.69, 9.17) is 5.73 Å². The van der Waals surface area contributed by atoms with Gasteiger partial charge in [-0.1, -0.05) is 12.1 Å². The minimum atomic E-state index is -0.413. The van der Waals surface area contributed by atoms with Crippen molar-refractivity contribution in [1.29, 1.82) is 0 Å². The van der Waals surface area contributed by atoms with Crippen molar-refractivity contribution in [3.63, 3.8) is 0 Å². The first-order chi connectivity index (χ1) is 10.2. The molecular weight excluding hydrogens is 262 g/mol. The van der Waals surface area contributed by atoms with Crippen LogP contribution in [0.15, 0.2) is 60.8 Å². The Morgan fingerprint density at radius 1 is 1.10 bits per heavy atom. The van der Waals surface area contributed by atoms with Gasteiger partial charge in [-0.15, -0.1) is 0 Å². The lowest BCUT2D eigenvalue weighted by Gasteiger charge is -2.08. The van der Waals surface area contributed by atoms with E-state index < -0.39 is 5.91 Å². The number of hydrogen-bond donors (Lipinski definition) is 2. The molecule has 0 bridgehead atoms. The smallest absolute Gasteiger partial charge is 0.248 e. The van der Waals surface area contributed by atoms with Crippen molar-refractivity contribution >= 4 is 22.5 Å². The summed E-state index contributed by atoms with van der Waals surface area (Å²) in [5.41, 5.74) is 8.85. The predicted octanol–water partition coefficient (Wildman–Crippen LogP) is 2.95. The molecule has 3 aromatic rings. The fraction of sp³-hybridized carbons (Fsp3) is 0.0588. The first kappa shape index (κ1) is 13.1. The number of primary amides is 1. The van der Waals surface area contributed by atoms with Crippen LogP contribution in [0.2, 0.25) is 0 Å². The lowest BCUT2D eigenvalue weighted by Crippen LogP contribution is -2.10. The number of pyridine rings is 1. The van der Waals surface area contributed by atoms with Crippen LogP contribution in [0.3, 0.4) is 0 Å². The van der Waals surface area contributed by atoms with Gasteiger partial charge in [0, 0.05) is 29.4 Å². The fourth-order valence-electron chi connectivity index (χ4n) is 2.19. The number of anilines is 1. The van der Waals surface area contributed by atoms with E-state index in [1.54, 1.807) is 18.3 Å². The van der Waals surface area contributed by atoms with Crippen molar-refractivity contribution < 1.29 is 4.79 Å². The second kappa shape index (κ2) is 5.63. The Morgan fingerprint density at radius 2 is 1.90 bits per heavy atom. The molecule has 4 nitrogen and oxygen atoms in total. The topological polar surface area (TPSA) is 68.0 Å². The van der Waals surface area contributed by atoms with E-state index in [-0.39, 0.29) is 0 Å². The van der Waals surface area contributed by atoms with Crippen molar-refractivity contribution in [3.8, 4) is 0 Å². The van der Waals surface area contributed by atoms with Gasteiger partial charge in [0.05, 0.1) is 5.52 Å². The maximum Gasteiger partial charge on any atom is 0.248 e. The molecular formula is C17H15N3O. The van der Waals surface area contributed by atoms with Crippen molar-refractivity contribution in [3.05, 3.63) is 71.9 Å². The van der Waals surface area contributed by atoms with E-state index >= 15 is 0 Å². The first-order valence-corrected chi connectivity index (χ1v) is 6.70. The summed E-state index contributed by atoms with van der Waals surface area (Å²) in [4.78, 5) is 15.3. The Morgan fingerprint density at radius 3 is 2.67 bits per heavy atom. The number of carbonyl (C=O) groups is 1. The summed E-state index contributed by atoms with van der Waals surface area (Å²) in [6, 6.07) is 17.3. The summed E-state index contributed by atoms with van der Waals surface area (Å²) in [6.45, 7) is 0.709. The van der Waals surface area contributed by atoms with E-state index in [1.807, 2.05) is 30.3 Å². The summed E-state index contributed by atoms with van der Waals surface area (Å²) >= 11 is 0. The molecule has 1 amide bonds. The van der Waals surface area contributed by atoms with Gasteiger partial charge >= 0.3 is 0 Å². The number of amides is 1. The van der Waals surface area contributed by atoms with E-state index in [9.17, 15) is 4.79 Å². The quantitative estimate of drug-likeness (QED) is 0.770. The minimum absolute atomic E-state index is 0.413. The maximum absolute atomic E-state index is 11.0. The van der Waals surface area contributed by atoms with Crippen LogP contribution in [0.4, 0.5) is 5.69 Å². The van der Waals surface area contributed by atoms with E-state index in [2.05, 4.69) is 22.4 Å². The Labute approximate surface area is 122 Å². The Bertz CT molecular complexity index is 781. The molecule has 4 heteroatoms. The van der Waals surface area contributed by atoms with Gasteiger partial charge in [-0.3, -0.25) is 9.78 Å². The monoisotopic (exact) mass is 277 g/mol. The number of nitrogens with one attached hydrogen (secondary N) is 1. The van der Waals surface area contributed by atoms with Crippen LogP contribution in [0.25, 0.3) is 10.9 Å². The molecule has 3 rings (SSSR count). The van der Waals surface area contributed by atoms with Crippen LogP contribution in [-0.2, 0) is 6.54 Å². The van der Waals surface area contributed by atoms with Crippen LogP contribution < -0.4 is 11.1 Å². The zero-order chi connectivity index (χ0) is 14.7. The molecule has 0 aliphatic carbocycles. The molecule has 0 saturated heterocycles. The third-order valence-corrected chi connectivity index (χ3v) is 3.33. The average molecular weight is 277 g/mol. The molecule has 1 heterocycles. The molecule has 0 atom stereocenters. The van der Waals surface area contributed by atoms with Crippen LogP contribution >= 0.6 is 0 Å². The Balaban J connectivity index is 1.72. The molecule has 0 fully saturated rings. The lowest BCUT2D eigenvalue weighted by atomic mass is 10.1.